The molecule has 0 saturated carbocycles. The van der Waals surface area contributed by atoms with E-state index in [4.69, 9.17) is 6.57 Å². The third-order valence-corrected chi connectivity index (χ3v) is 7.14. The zero-order chi connectivity index (χ0) is 32.3. The van der Waals surface area contributed by atoms with E-state index in [-0.39, 0.29) is 34.5 Å². The molecule has 0 atom stereocenters. The second-order valence-corrected chi connectivity index (χ2v) is 10.2. The second kappa shape index (κ2) is 10.3. The SMILES string of the molecule is [C-]#[N+]c1c(C)nn(-c2cc(-n3nc(C)c(C#N)c3N=Nc3c(C)nn4c(C)n[nH]c34)ncn2)c1N=Nc1c(C)nn2c(C)n[nH]c12. The van der Waals surface area contributed by atoms with E-state index in [0.717, 1.165) is 0 Å². The Labute approximate surface area is 258 Å². The van der Waals surface area contributed by atoms with Crippen molar-refractivity contribution in [3.63, 3.8) is 0 Å². The van der Waals surface area contributed by atoms with E-state index in [9.17, 15) is 5.26 Å². The van der Waals surface area contributed by atoms with Gasteiger partial charge in [0.05, 0.1) is 29.3 Å². The van der Waals surface area contributed by atoms with Gasteiger partial charge in [-0.05, 0) is 41.5 Å². The fourth-order valence-corrected chi connectivity index (χ4v) is 4.86. The summed E-state index contributed by atoms with van der Waals surface area (Å²) in [6, 6.07) is 3.73. The van der Waals surface area contributed by atoms with Gasteiger partial charge in [-0.3, -0.25) is 10.2 Å². The summed E-state index contributed by atoms with van der Waals surface area (Å²) in [5, 5.41) is 59.6. The van der Waals surface area contributed by atoms with E-state index >= 15 is 0 Å². The summed E-state index contributed by atoms with van der Waals surface area (Å²) >= 11 is 0. The molecule has 0 radical (unpaired) electrons. The Balaban J connectivity index is 1.32. The highest BCUT2D eigenvalue weighted by Crippen LogP contribution is 2.36. The van der Waals surface area contributed by atoms with Gasteiger partial charge in [0.1, 0.15) is 29.6 Å². The number of rotatable bonds is 6. The Morgan fingerprint density at radius 2 is 1.24 bits per heavy atom. The van der Waals surface area contributed by atoms with E-state index < -0.39 is 0 Å². The van der Waals surface area contributed by atoms with E-state index in [2.05, 4.69) is 82.1 Å². The first-order valence-corrected chi connectivity index (χ1v) is 13.6. The van der Waals surface area contributed by atoms with Crippen LogP contribution in [0.4, 0.5) is 28.7 Å². The Morgan fingerprint density at radius 3 is 1.78 bits per heavy atom. The van der Waals surface area contributed by atoms with Gasteiger partial charge in [-0.25, -0.2) is 19.5 Å². The molecule has 20 nitrogen and oxygen atoms in total. The third kappa shape index (κ3) is 4.20. The van der Waals surface area contributed by atoms with Crippen molar-refractivity contribution >= 4 is 40.0 Å². The zero-order valence-corrected chi connectivity index (χ0v) is 25.2. The third-order valence-electron chi connectivity index (χ3n) is 7.14. The molecule has 7 aromatic rings. The van der Waals surface area contributed by atoms with E-state index in [1.54, 1.807) is 42.8 Å². The molecule has 0 saturated heterocycles. The molecule has 0 spiro atoms. The number of fused-ring (bicyclic) bond motifs is 2. The monoisotopic (exact) mass is 614 g/mol. The largest absolute Gasteiger partial charge is 0.258 e. The highest BCUT2D eigenvalue weighted by atomic mass is 15.4. The van der Waals surface area contributed by atoms with Crippen molar-refractivity contribution in [2.45, 2.75) is 41.5 Å². The predicted molar refractivity (Wildman–Crippen MR) is 159 cm³/mol. The van der Waals surface area contributed by atoms with Crippen molar-refractivity contribution in [1.82, 2.24) is 69.2 Å². The first-order chi connectivity index (χ1) is 22.2. The summed E-state index contributed by atoms with van der Waals surface area (Å²) in [5.74, 6) is 2.15. The molecule has 226 valence electrons. The lowest BCUT2D eigenvalue weighted by molar-refractivity contribution is 0.788. The average molecular weight is 615 g/mol. The van der Waals surface area contributed by atoms with Crippen molar-refractivity contribution in [2.75, 3.05) is 0 Å². The molecular formula is C26H22N20. The summed E-state index contributed by atoms with van der Waals surface area (Å²) in [6.45, 7) is 18.4. The molecule has 7 aromatic heterocycles. The number of H-pyrrole nitrogens is 2. The molecule has 7 rings (SSSR count). The van der Waals surface area contributed by atoms with E-state index in [1.165, 1.54) is 15.7 Å². The molecule has 0 aliphatic rings. The van der Waals surface area contributed by atoms with Gasteiger partial charge in [0.2, 0.25) is 0 Å². The lowest BCUT2D eigenvalue weighted by Gasteiger charge is -2.07. The van der Waals surface area contributed by atoms with E-state index in [1.807, 2.05) is 13.8 Å². The Morgan fingerprint density at radius 1 is 0.717 bits per heavy atom. The van der Waals surface area contributed by atoms with Gasteiger partial charge in [-0.2, -0.15) is 49.6 Å². The minimum absolute atomic E-state index is 0.147. The van der Waals surface area contributed by atoms with Crippen LogP contribution in [0.3, 0.4) is 0 Å². The summed E-state index contributed by atoms with van der Waals surface area (Å²) in [4.78, 5) is 12.4. The highest BCUT2D eigenvalue weighted by molar-refractivity contribution is 5.70. The minimum atomic E-state index is 0.147. The number of azo groups is 2. The summed E-state index contributed by atoms with van der Waals surface area (Å²) in [7, 11) is 0. The number of hydrogen-bond donors (Lipinski definition) is 2. The molecule has 2 N–H and O–H groups in total. The van der Waals surface area contributed by atoms with Gasteiger partial charge < -0.3 is 0 Å². The lowest BCUT2D eigenvalue weighted by Crippen LogP contribution is -2.05. The van der Waals surface area contributed by atoms with Crippen LogP contribution in [-0.4, -0.2) is 69.2 Å². The normalized spacial score (nSPS) is 11.9. The van der Waals surface area contributed by atoms with Gasteiger partial charge in [0.15, 0.2) is 45.9 Å². The molecule has 0 aliphatic heterocycles. The molecule has 7 heterocycles. The van der Waals surface area contributed by atoms with Crippen molar-refractivity contribution in [3.05, 3.63) is 63.8 Å². The molecular weight excluding hydrogens is 592 g/mol. The number of nitriles is 1. The van der Waals surface area contributed by atoms with Crippen LogP contribution < -0.4 is 0 Å². The maximum atomic E-state index is 9.95. The molecule has 0 aromatic carbocycles. The molecule has 0 fully saturated rings. The van der Waals surface area contributed by atoms with Gasteiger partial charge in [0, 0.05) is 6.07 Å². The van der Waals surface area contributed by atoms with Crippen LogP contribution in [0.1, 0.15) is 40.0 Å². The number of nitrogens with zero attached hydrogens (tertiary/aromatic N) is 18. The van der Waals surface area contributed by atoms with Crippen LogP contribution in [-0.2, 0) is 0 Å². The van der Waals surface area contributed by atoms with Crippen LogP contribution in [0.15, 0.2) is 32.9 Å². The van der Waals surface area contributed by atoms with Crippen molar-refractivity contribution in [3.8, 4) is 17.7 Å². The quantitative estimate of drug-likeness (QED) is 0.195. The average Bonchev–Trinajstić information content (AvgIpc) is 3.87. The Hall–Kier alpha value is -6.96. The number of aromatic nitrogens is 14. The molecule has 46 heavy (non-hydrogen) atoms. The number of nitrogens with one attached hydrogen (secondary N) is 2. The first-order valence-electron chi connectivity index (χ1n) is 13.6. The van der Waals surface area contributed by atoms with Crippen molar-refractivity contribution < 1.29 is 0 Å². The van der Waals surface area contributed by atoms with Crippen molar-refractivity contribution in [1.29, 1.82) is 5.26 Å². The molecule has 0 unspecified atom stereocenters. The predicted octanol–water partition coefficient (Wildman–Crippen LogP) is 4.69. The molecule has 0 amide bonds. The summed E-state index contributed by atoms with van der Waals surface area (Å²) < 4.78 is 6.03. The van der Waals surface area contributed by atoms with Crippen LogP contribution in [0, 0.1) is 59.4 Å². The second-order valence-electron chi connectivity index (χ2n) is 10.2. The molecule has 0 aliphatic carbocycles. The smallest absolute Gasteiger partial charge is 0.255 e. The lowest BCUT2D eigenvalue weighted by atomic mass is 10.3. The van der Waals surface area contributed by atoms with Crippen LogP contribution in [0.2, 0.25) is 0 Å². The topological polar surface area (TPSA) is 231 Å². The van der Waals surface area contributed by atoms with Crippen LogP contribution in [0.25, 0.3) is 27.8 Å². The zero-order valence-electron chi connectivity index (χ0n) is 25.2. The van der Waals surface area contributed by atoms with Gasteiger partial charge in [0.25, 0.3) is 5.69 Å². The van der Waals surface area contributed by atoms with Crippen LogP contribution in [0.5, 0.6) is 0 Å². The van der Waals surface area contributed by atoms with Crippen molar-refractivity contribution in [2.24, 2.45) is 20.5 Å². The van der Waals surface area contributed by atoms with Gasteiger partial charge >= 0.3 is 0 Å². The molecule has 0 bridgehead atoms. The highest BCUT2D eigenvalue weighted by Gasteiger charge is 2.22. The maximum absolute atomic E-state index is 9.95. The standard InChI is InChI=1S/C26H22N20/c1-11-17(9-27)23(35-33-21-13(3)40-43-15(5)31-36-25(21)43)45(39-11)18-8-19(30-10-29-18)46-24(20(28-7)12(2)42-46)38-34-22-14(4)41-44-16(6)32-37-26(22)44/h8,10,36-37H,1-6H3. The number of hydrogen-bond acceptors (Lipinski definition) is 13. The summed E-state index contributed by atoms with van der Waals surface area (Å²) in [6.07, 6.45) is 1.31. The first kappa shape index (κ1) is 27.8. The van der Waals surface area contributed by atoms with Gasteiger partial charge in [-0.15, -0.1) is 20.5 Å². The van der Waals surface area contributed by atoms with Crippen LogP contribution >= 0.6 is 0 Å². The Kier molecular flexibility index (Phi) is 6.26. The number of aromatic amines is 2. The van der Waals surface area contributed by atoms with Gasteiger partial charge in [-0.1, -0.05) is 0 Å². The Bertz CT molecular complexity index is 2300. The van der Waals surface area contributed by atoms with E-state index in [0.29, 0.717) is 57.1 Å². The summed E-state index contributed by atoms with van der Waals surface area (Å²) in [5.41, 5.74) is 4.54. The molecule has 20 heteroatoms. The number of aryl methyl sites for hydroxylation is 6. The fourth-order valence-electron chi connectivity index (χ4n) is 4.86. The maximum Gasteiger partial charge on any atom is 0.255 e. The minimum Gasteiger partial charge on any atom is -0.258 e. The fraction of sp³-hybridized carbons (Fsp3) is 0.231.